The summed E-state index contributed by atoms with van der Waals surface area (Å²) in [6.45, 7) is 3.20. The van der Waals surface area contributed by atoms with Gasteiger partial charge in [-0.1, -0.05) is 57.9 Å². The van der Waals surface area contributed by atoms with Gasteiger partial charge in [0.1, 0.15) is 0 Å². The number of aryl methyl sites for hydroxylation is 1. The minimum absolute atomic E-state index is 0.621. The van der Waals surface area contributed by atoms with E-state index in [4.69, 9.17) is 0 Å². The third-order valence-electron chi connectivity index (χ3n) is 3.51. The summed E-state index contributed by atoms with van der Waals surface area (Å²) in [7, 11) is 2.03. The molecule has 1 N–H and O–H groups in total. The molecule has 1 nitrogen and oxygen atoms in total. The first-order valence-electron chi connectivity index (χ1n) is 7.12. The van der Waals surface area contributed by atoms with Crippen LogP contribution in [-0.4, -0.2) is 13.6 Å². The van der Waals surface area contributed by atoms with Gasteiger partial charge >= 0.3 is 0 Å². The largest absolute Gasteiger partial charge is 0.319 e. The lowest BCUT2D eigenvalue weighted by Gasteiger charge is -2.17. The van der Waals surface area contributed by atoms with Crippen LogP contribution in [0.2, 0.25) is 0 Å². The summed E-state index contributed by atoms with van der Waals surface area (Å²) < 4.78 is 1.16. The van der Waals surface area contributed by atoms with Crippen molar-refractivity contribution < 1.29 is 0 Å². The van der Waals surface area contributed by atoms with Crippen LogP contribution in [0.25, 0.3) is 0 Å². The van der Waals surface area contributed by atoms with E-state index < -0.39 is 0 Å². The zero-order valence-electron chi connectivity index (χ0n) is 12.2. The zero-order valence-corrected chi connectivity index (χ0v) is 13.8. The monoisotopic (exact) mass is 331 g/mol. The lowest BCUT2D eigenvalue weighted by molar-refractivity contribution is 0.493. The summed E-state index contributed by atoms with van der Waals surface area (Å²) in [5.74, 6) is 0.621. The molecule has 0 aliphatic heterocycles. The molecule has 1 unspecified atom stereocenters. The number of halogens is 1. The topological polar surface area (TPSA) is 12.0 Å². The fourth-order valence-corrected chi connectivity index (χ4v) is 3.12. The van der Waals surface area contributed by atoms with Gasteiger partial charge in [-0.2, -0.15) is 0 Å². The van der Waals surface area contributed by atoms with Crippen molar-refractivity contribution in [2.75, 3.05) is 13.6 Å². The molecule has 2 rings (SSSR count). The first-order chi connectivity index (χ1) is 9.67. The highest BCUT2D eigenvalue weighted by Gasteiger charge is 2.10. The summed E-state index contributed by atoms with van der Waals surface area (Å²) in [6, 6.07) is 17.5. The first kappa shape index (κ1) is 15.3. The van der Waals surface area contributed by atoms with E-state index in [0.29, 0.717) is 5.92 Å². The minimum atomic E-state index is 0.621. The molecule has 0 bridgehead atoms. The Morgan fingerprint density at radius 3 is 2.25 bits per heavy atom. The van der Waals surface area contributed by atoms with Crippen LogP contribution in [0.4, 0.5) is 0 Å². The van der Waals surface area contributed by atoms with Crippen molar-refractivity contribution in [3.63, 3.8) is 0 Å². The van der Waals surface area contributed by atoms with Crippen LogP contribution in [0.5, 0.6) is 0 Å². The number of benzene rings is 2. The van der Waals surface area contributed by atoms with Crippen LogP contribution < -0.4 is 5.32 Å². The highest BCUT2D eigenvalue weighted by Crippen LogP contribution is 2.18. The average Bonchev–Trinajstić information content (AvgIpc) is 2.39. The second-order valence-corrected chi connectivity index (χ2v) is 6.37. The standard InChI is InChI=1S/C18H22BrN/c1-14-5-3-6-15(9-14)10-17(13-20-2)11-16-7-4-8-18(19)12-16/h3-9,12,17,20H,10-11,13H2,1-2H3. The van der Waals surface area contributed by atoms with E-state index in [1.165, 1.54) is 16.7 Å². The smallest absolute Gasteiger partial charge is 0.0177 e. The lowest BCUT2D eigenvalue weighted by Crippen LogP contribution is -2.22. The Kier molecular flexibility index (Phi) is 5.81. The quantitative estimate of drug-likeness (QED) is 0.828. The van der Waals surface area contributed by atoms with Crippen LogP contribution in [0, 0.1) is 12.8 Å². The van der Waals surface area contributed by atoms with Crippen molar-refractivity contribution in [2.24, 2.45) is 5.92 Å². The minimum Gasteiger partial charge on any atom is -0.319 e. The van der Waals surface area contributed by atoms with Crippen LogP contribution in [0.1, 0.15) is 16.7 Å². The van der Waals surface area contributed by atoms with E-state index in [9.17, 15) is 0 Å². The molecule has 106 valence electrons. The van der Waals surface area contributed by atoms with Gasteiger partial charge < -0.3 is 5.32 Å². The lowest BCUT2D eigenvalue weighted by atomic mass is 9.92. The zero-order chi connectivity index (χ0) is 14.4. The molecule has 20 heavy (non-hydrogen) atoms. The number of hydrogen-bond acceptors (Lipinski definition) is 1. The molecule has 0 heterocycles. The molecule has 0 amide bonds. The Hall–Kier alpha value is -1.12. The van der Waals surface area contributed by atoms with E-state index in [1.54, 1.807) is 0 Å². The Balaban J connectivity index is 2.07. The Morgan fingerprint density at radius 2 is 1.65 bits per heavy atom. The molecule has 0 fully saturated rings. The fourth-order valence-electron chi connectivity index (χ4n) is 2.67. The van der Waals surface area contributed by atoms with Crippen molar-refractivity contribution in [1.29, 1.82) is 0 Å². The van der Waals surface area contributed by atoms with Crippen LogP contribution >= 0.6 is 15.9 Å². The summed E-state index contributed by atoms with van der Waals surface area (Å²) in [5.41, 5.74) is 4.17. The van der Waals surface area contributed by atoms with E-state index in [0.717, 1.165) is 23.9 Å². The van der Waals surface area contributed by atoms with Crippen molar-refractivity contribution in [2.45, 2.75) is 19.8 Å². The summed E-state index contributed by atoms with van der Waals surface area (Å²) in [6.07, 6.45) is 2.23. The Labute approximate surface area is 130 Å². The Bertz CT molecular complexity index is 503. The maximum Gasteiger partial charge on any atom is 0.0177 e. The number of hydrogen-bond donors (Lipinski definition) is 1. The first-order valence-corrected chi connectivity index (χ1v) is 7.91. The average molecular weight is 332 g/mol. The molecule has 0 saturated carbocycles. The van der Waals surface area contributed by atoms with Crippen molar-refractivity contribution in [3.05, 3.63) is 69.7 Å². The molecule has 0 aliphatic carbocycles. The highest BCUT2D eigenvalue weighted by atomic mass is 79.9. The van der Waals surface area contributed by atoms with Crippen LogP contribution in [-0.2, 0) is 12.8 Å². The molecule has 1 atom stereocenters. The van der Waals surface area contributed by atoms with Crippen LogP contribution in [0.3, 0.4) is 0 Å². The number of rotatable bonds is 6. The summed E-state index contributed by atoms with van der Waals surface area (Å²) >= 11 is 3.55. The second-order valence-electron chi connectivity index (χ2n) is 5.45. The molecule has 0 radical (unpaired) electrons. The molecule has 0 saturated heterocycles. The maximum absolute atomic E-state index is 3.55. The molecule has 0 aliphatic rings. The van der Waals surface area contributed by atoms with Crippen LogP contribution in [0.15, 0.2) is 53.0 Å². The van der Waals surface area contributed by atoms with Gasteiger partial charge in [0.25, 0.3) is 0 Å². The van der Waals surface area contributed by atoms with Crippen molar-refractivity contribution >= 4 is 15.9 Å². The van der Waals surface area contributed by atoms with E-state index in [2.05, 4.69) is 76.7 Å². The molecular weight excluding hydrogens is 310 g/mol. The van der Waals surface area contributed by atoms with Gasteiger partial charge in [0, 0.05) is 4.47 Å². The highest BCUT2D eigenvalue weighted by molar-refractivity contribution is 9.10. The fraction of sp³-hybridized carbons (Fsp3) is 0.333. The Morgan fingerprint density at radius 1 is 1.00 bits per heavy atom. The molecule has 2 aromatic rings. The number of nitrogens with one attached hydrogen (secondary N) is 1. The SMILES string of the molecule is CNCC(Cc1cccc(C)c1)Cc1cccc(Br)c1. The predicted octanol–water partition coefficient (Wildman–Crippen LogP) is 4.38. The van der Waals surface area contributed by atoms with Gasteiger partial charge in [-0.25, -0.2) is 0 Å². The maximum atomic E-state index is 3.55. The predicted molar refractivity (Wildman–Crippen MR) is 90.1 cm³/mol. The van der Waals surface area contributed by atoms with E-state index in [1.807, 2.05) is 7.05 Å². The van der Waals surface area contributed by atoms with Gasteiger partial charge in [0.2, 0.25) is 0 Å². The third kappa shape index (κ3) is 4.77. The van der Waals surface area contributed by atoms with Gasteiger partial charge in [0.15, 0.2) is 0 Å². The van der Waals surface area contributed by atoms with E-state index in [-0.39, 0.29) is 0 Å². The normalized spacial score (nSPS) is 12.3. The summed E-state index contributed by atoms with van der Waals surface area (Å²) in [5, 5.41) is 3.33. The second kappa shape index (κ2) is 7.61. The van der Waals surface area contributed by atoms with E-state index >= 15 is 0 Å². The molecule has 2 aromatic carbocycles. The molecular formula is C18H22BrN. The van der Waals surface area contributed by atoms with Gasteiger partial charge in [-0.15, -0.1) is 0 Å². The van der Waals surface area contributed by atoms with Crippen molar-refractivity contribution in [3.8, 4) is 0 Å². The molecule has 2 heteroatoms. The van der Waals surface area contributed by atoms with Gasteiger partial charge in [0.05, 0.1) is 0 Å². The molecule has 0 spiro atoms. The summed E-state index contributed by atoms with van der Waals surface area (Å²) in [4.78, 5) is 0. The van der Waals surface area contributed by atoms with Gasteiger partial charge in [-0.3, -0.25) is 0 Å². The third-order valence-corrected chi connectivity index (χ3v) is 4.01. The van der Waals surface area contributed by atoms with Gasteiger partial charge in [-0.05, 0) is 62.5 Å². The molecule has 0 aromatic heterocycles. The van der Waals surface area contributed by atoms with Crippen molar-refractivity contribution in [1.82, 2.24) is 5.32 Å².